The molecule has 5 aromatic rings. The number of pyridine rings is 1. The van der Waals surface area contributed by atoms with Crippen molar-refractivity contribution in [3.63, 3.8) is 0 Å². The Morgan fingerprint density at radius 1 is 0.929 bits per heavy atom. The van der Waals surface area contributed by atoms with Crippen LogP contribution in [0.15, 0.2) is 73.2 Å². The van der Waals surface area contributed by atoms with E-state index in [0.717, 1.165) is 91.6 Å². The molecule has 3 fully saturated rings. The first-order chi connectivity index (χ1) is 27.3. The molecule has 3 saturated heterocycles. The van der Waals surface area contributed by atoms with E-state index >= 15 is 0 Å². The van der Waals surface area contributed by atoms with Crippen molar-refractivity contribution in [2.24, 2.45) is 5.92 Å². The molecule has 0 saturated carbocycles. The third-order valence-electron chi connectivity index (χ3n) is 12.3. The van der Waals surface area contributed by atoms with Crippen LogP contribution in [0.4, 0.5) is 11.5 Å². The molecule has 4 aliphatic rings. The lowest BCUT2D eigenvalue weighted by molar-refractivity contribution is -0.136. The maximum absolute atomic E-state index is 13.3. The highest BCUT2D eigenvalue weighted by atomic mass is 16.2. The second-order valence-electron chi connectivity index (χ2n) is 15.8. The third-order valence-corrected chi connectivity index (χ3v) is 12.3. The van der Waals surface area contributed by atoms with Gasteiger partial charge < -0.3 is 20.1 Å². The predicted molar refractivity (Wildman–Crippen MR) is 213 cm³/mol. The zero-order valence-electron chi connectivity index (χ0n) is 31.7. The molecule has 9 rings (SSSR count). The maximum Gasteiger partial charge on any atom is 0.256 e. The fourth-order valence-corrected chi connectivity index (χ4v) is 9.11. The summed E-state index contributed by atoms with van der Waals surface area (Å²) in [5.74, 6) is 0.145. The monoisotopic (exact) mass is 753 g/mol. The number of nitrogens with zero attached hydrogens (tertiary/aromatic N) is 6. The molecule has 2 atom stereocenters. The van der Waals surface area contributed by atoms with Crippen LogP contribution >= 0.6 is 0 Å². The Hall–Kier alpha value is -5.82. The van der Waals surface area contributed by atoms with Crippen LogP contribution in [0.2, 0.25) is 0 Å². The Balaban J connectivity index is 0.744. The Morgan fingerprint density at radius 3 is 2.55 bits per heavy atom. The van der Waals surface area contributed by atoms with Gasteiger partial charge in [0.1, 0.15) is 11.9 Å². The normalized spacial score (nSPS) is 20.6. The molecule has 13 heteroatoms. The number of aromatic amines is 1. The average molecular weight is 754 g/mol. The molecule has 56 heavy (non-hydrogen) atoms. The number of rotatable bonds is 10. The van der Waals surface area contributed by atoms with Crippen molar-refractivity contribution in [3.05, 3.63) is 95.6 Å². The fourth-order valence-electron chi connectivity index (χ4n) is 9.11. The topological polar surface area (TPSA) is 149 Å². The summed E-state index contributed by atoms with van der Waals surface area (Å²) in [7, 11) is 2.16. The van der Waals surface area contributed by atoms with Crippen molar-refractivity contribution in [1.29, 1.82) is 0 Å². The van der Waals surface area contributed by atoms with E-state index in [4.69, 9.17) is 0 Å². The molecule has 288 valence electrons. The lowest BCUT2D eigenvalue weighted by Gasteiger charge is -2.35. The summed E-state index contributed by atoms with van der Waals surface area (Å²) < 4.78 is 2.00. The van der Waals surface area contributed by atoms with E-state index in [9.17, 15) is 19.2 Å². The number of aryl methyl sites for hydroxylation is 1. The van der Waals surface area contributed by atoms with E-state index in [1.807, 2.05) is 59.5 Å². The molecule has 0 spiro atoms. The van der Waals surface area contributed by atoms with E-state index in [2.05, 4.69) is 60.9 Å². The Bertz CT molecular complexity index is 2310. The molecular formula is C43H47N9O4. The number of aromatic nitrogens is 4. The van der Waals surface area contributed by atoms with E-state index in [1.54, 1.807) is 4.90 Å². The minimum Gasteiger partial charge on any atom is -0.371 e. The second-order valence-corrected chi connectivity index (χ2v) is 15.8. The van der Waals surface area contributed by atoms with Crippen LogP contribution in [0.1, 0.15) is 89.4 Å². The number of imide groups is 1. The van der Waals surface area contributed by atoms with E-state index < -0.39 is 6.04 Å². The number of likely N-dealkylation sites (tertiary alicyclic amines) is 1. The first kappa shape index (κ1) is 35.9. The van der Waals surface area contributed by atoms with Gasteiger partial charge in [0.05, 0.1) is 11.7 Å². The van der Waals surface area contributed by atoms with Gasteiger partial charge in [-0.05, 0) is 100 Å². The summed E-state index contributed by atoms with van der Waals surface area (Å²) in [4.78, 5) is 65.0. The largest absolute Gasteiger partial charge is 0.371 e. The van der Waals surface area contributed by atoms with Crippen molar-refractivity contribution >= 4 is 46.0 Å². The van der Waals surface area contributed by atoms with Crippen LogP contribution in [-0.2, 0) is 22.7 Å². The van der Waals surface area contributed by atoms with Crippen LogP contribution in [0.25, 0.3) is 22.0 Å². The van der Waals surface area contributed by atoms with Gasteiger partial charge in [-0.2, -0.15) is 5.10 Å². The van der Waals surface area contributed by atoms with Crippen molar-refractivity contribution in [1.82, 2.24) is 34.9 Å². The third kappa shape index (κ3) is 7.07. The van der Waals surface area contributed by atoms with Crippen LogP contribution in [0, 0.1) is 5.92 Å². The number of carbonyl (C=O) groups is 4. The molecule has 0 radical (unpaired) electrons. The summed E-state index contributed by atoms with van der Waals surface area (Å²) in [5, 5.41) is 11.0. The summed E-state index contributed by atoms with van der Waals surface area (Å²) in [6.07, 6.45) is 13.0. The Kier molecular flexibility index (Phi) is 9.62. The number of carbonyl (C=O) groups excluding carboxylic acids is 4. The van der Waals surface area contributed by atoms with Gasteiger partial charge in [0.2, 0.25) is 11.8 Å². The molecule has 4 amide bonds. The molecule has 3 aromatic heterocycles. The highest BCUT2D eigenvalue weighted by molar-refractivity contribution is 6.06. The minimum atomic E-state index is -0.607. The van der Waals surface area contributed by atoms with Gasteiger partial charge in [-0.3, -0.25) is 34.1 Å². The summed E-state index contributed by atoms with van der Waals surface area (Å²) >= 11 is 0. The fraction of sp³-hybridized carbons (Fsp3) is 0.395. The van der Waals surface area contributed by atoms with Gasteiger partial charge in [-0.1, -0.05) is 18.2 Å². The number of hydrogen-bond acceptors (Lipinski definition) is 8. The Labute approximate surface area is 325 Å². The lowest BCUT2D eigenvalue weighted by Crippen LogP contribution is -2.52. The van der Waals surface area contributed by atoms with Crippen LogP contribution < -0.4 is 15.5 Å². The van der Waals surface area contributed by atoms with E-state index in [0.29, 0.717) is 41.9 Å². The van der Waals surface area contributed by atoms with Crippen LogP contribution in [0.5, 0.6) is 0 Å². The molecule has 0 bridgehead atoms. The molecular weight excluding hydrogens is 707 g/mol. The van der Waals surface area contributed by atoms with Gasteiger partial charge in [0, 0.05) is 96.1 Å². The maximum atomic E-state index is 13.3. The summed E-state index contributed by atoms with van der Waals surface area (Å²) in [5.41, 5.74) is 7.46. The highest BCUT2D eigenvalue weighted by Gasteiger charge is 2.40. The molecule has 3 N–H and O–H groups in total. The Morgan fingerprint density at radius 2 is 1.77 bits per heavy atom. The number of piperidine rings is 2. The first-order valence-electron chi connectivity index (χ1n) is 19.9. The van der Waals surface area contributed by atoms with Crippen LogP contribution in [-0.4, -0.2) is 85.9 Å². The number of hydrogen-bond donors (Lipinski definition) is 3. The van der Waals surface area contributed by atoms with Crippen molar-refractivity contribution < 1.29 is 19.2 Å². The molecule has 1 unspecified atom stereocenters. The predicted octanol–water partition coefficient (Wildman–Crippen LogP) is 5.90. The molecule has 0 aliphatic carbocycles. The molecule has 13 nitrogen and oxygen atoms in total. The standard InChI is InChI=1S/C43H47N9O4/c1-49-17-4-8-37(49)35-21-30-23-44-39(22-34(30)46-35)47-41(54)29-11-9-28(10-12-29)31-24-45-51(25-31)18-3-5-27-15-19-50(20-16-27)36-7-2-6-32-33(36)26-52(43(32)56)38-13-14-40(53)48-42(38)55/h2,6-7,9-12,21-25,27,37-38,46H,3-5,8,13-20,26H2,1H3,(H,44,47,54)(H,48,53,55)/t37-,38?/m1/s1. The van der Waals surface area contributed by atoms with Crippen molar-refractivity contribution in [3.8, 4) is 11.1 Å². The summed E-state index contributed by atoms with van der Waals surface area (Å²) in [6, 6.07) is 17.3. The number of anilines is 2. The molecule has 2 aromatic carbocycles. The van der Waals surface area contributed by atoms with E-state index in [1.165, 1.54) is 12.1 Å². The zero-order valence-corrected chi connectivity index (χ0v) is 31.7. The van der Waals surface area contributed by atoms with Gasteiger partial charge in [0.25, 0.3) is 11.8 Å². The minimum absolute atomic E-state index is 0.131. The van der Waals surface area contributed by atoms with Crippen molar-refractivity contribution in [2.45, 2.75) is 76.5 Å². The zero-order chi connectivity index (χ0) is 38.3. The molecule has 7 heterocycles. The number of H-pyrrole nitrogens is 1. The summed E-state index contributed by atoms with van der Waals surface area (Å²) in [6.45, 7) is 4.18. The SMILES string of the molecule is CN1CCC[C@@H]1c1cc2cnc(NC(=O)c3ccc(-c4cnn(CCCC5CCN(c6cccc7c6CN(C6CCC(=O)NC6=O)C7=O)CC5)c4)cc3)cc2[nH]1. The highest BCUT2D eigenvalue weighted by Crippen LogP contribution is 2.37. The van der Waals surface area contributed by atoms with E-state index in [-0.39, 0.29) is 30.0 Å². The van der Waals surface area contributed by atoms with Gasteiger partial charge in [-0.15, -0.1) is 0 Å². The number of benzene rings is 2. The smallest absolute Gasteiger partial charge is 0.256 e. The van der Waals surface area contributed by atoms with Gasteiger partial charge in [0.15, 0.2) is 0 Å². The number of fused-ring (bicyclic) bond motifs is 2. The molecule has 4 aliphatic heterocycles. The van der Waals surface area contributed by atoms with Crippen molar-refractivity contribution in [2.75, 3.05) is 36.9 Å². The lowest BCUT2D eigenvalue weighted by atomic mass is 9.91. The quantitative estimate of drug-likeness (QED) is 0.149. The van der Waals surface area contributed by atoms with Gasteiger partial charge in [-0.25, -0.2) is 4.98 Å². The number of amides is 4. The first-order valence-corrected chi connectivity index (χ1v) is 19.9. The van der Waals surface area contributed by atoms with Crippen LogP contribution in [0.3, 0.4) is 0 Å². The van der Waals surface area contributed by atoms with Gasteiger partial charge >= 0.3 is 0 Å². The number of nitrogens with one attached hydrogen (secondary N) is 3. The second kappa shape index (κ2) is 15.0. The average Bonchev–Trinajstić information content (AvgIpc) is 4.02.